The molecule has 1 unspecified atom stereocenters. The number of piperazine rings is 1. The van der Waals surface area contributed by atoms with Gasteiger partial charge in [0.1, 0.15) is 22.8 Å². The number of ether oxygens (including phenoxy) is 2. The van der Waals surface area contributed by atoms with Gasteiger partial charge in [0.2, 0.25) is 0 Å². The van der Waals surface area contributed by atoms with Crippen LogP contribution in [0, 0.1) is 5.82 Å². The summed E-state index contributed by atoms with van der Waals surface area (Å²) in [7, 11) is -3.81. The van der Waals surface area contributed by atoms with Crippen molar-refractivity contribution in [2.24, 2.45) is 0 Å². The van der Waals surface area contributed by atoms with Crippen LogP contribution in [-0.4, -0.2) is 94.4 Å². The third-order valence-electron chi connectivity index (χ3n) is 8.66. The summed E-state index contributed by atoms with van der Waals surface area (Å²) in [4.78, 5) is 48.6. The first kappa shape index (κ1) is 35.8. The maximum atomic E-state index is 13.9. The molecule has 1 saturated heterocycles. The first-order valence-corrected chi connectivity index (χ1v) is 18.3. The van der Waals surface area contributed by atoms with Crippen molar-refractivity contribution in [1.29, 1.82) is 0 Å². The van der Waals surface area contributed by atoms with Crippen molar-refractivity contribution in [2.75, 3.05) is 45.5 Å². The molecular formula is C36H38FN4O9P. The standard InChI is InChI=1S/C36H38FN4O9P/c1-3-47-35(44)24(2)49-51(46,50-27-8-5-4-6-9-27)21-20-39-16-18-40(19-17-39)36(45)48-33-28-10-7-15-38-31(28)32(42)30-29(33)23-41(34(30)43)22-25-11-13-26(37)14-12-25/h4-15,24,42H,3,16-23H2,1-2H3/t24-,51?/m1/s1. The summed E-state index contributed by atoms with van der Waals surface area (Å²) in [5.41, 5.74) is 1.19. The topological polar surface area (TPSA) is 148 Å². The molecule has 0 saturated carbocycles. The second-order valence-electron chi connectivity index (χ2n) is 12.2. The van der Waals surface area contributed by atoms with Gasteiger partial charge < -0.3 is 28.9 Å². The van der Waals surface area contributed by atoms with Crippen LogP contribution in [0.15, 0.2) is 72.9 Å². The lowest BCUT2D eigenvalue weighted by atomic mass is 10.0. The molecule has 2 aliphatic heterocycles. The van der Waals surface area contributed by atoms with E-state index >= 15 is 0 Å². The quantitative estimate of drug-likeness (QED) is 0.144. The highest BCUT2D eigenvalue weighted by atomic mass is 31.2. The predicted molar refractivity (Wildman–Crippen MR) is 184 cm³/mol. The van der Waals surface area contributed by atoms with E-state index in [0.717, 1.165) is 0 Å². The maximum Gasteiger partial charge on any atom is 0.415 e. The van der Waals surface area contributed by atoms with E-state index in [1.165, 1.54) is 35.1 Å². The van der Waals surface area contributed by atoms with E-state index < -0.39 is 37.5 Å². The number of nitrogens with zero attached hydrogens (tertiary/aromatic N) is 4. The van der Waals surface area contributed by atoms with Gasteiger partial charge in [-0.3, -0.25) is 19.2 Å². The van der Waals surface area contributed by atoms with Crippen molar-refractivity contribution in [3.8, 4) is 17.2 Å². The van der Waals surface area contributed by atoms with Crippen LogP contribution in [0.4, 0.5) is 9.18 Å². The van der Waals surface area contributed by atoms with Crippen LogP contribution in [0.3, 0.4) is 0 Å². The molecule has 0 spiro atoms. The fourth-order valence-electron chi connectivity index (χ4n) is 6.05. The van der Waals surface area contributed by atoms with E-state index in [1.807, 2.05) is 4.90 Å². The number of pyridine rings is 1. The number of esters is 1. The van der Waals surface area contributed by atoms with Gasteiger partial charge in [0.15, 0.2) is 11.9 Å². The molecule has 51 heavy (non-hydrogen) atoms. The first-order valence-electron chi connectivity index (χ1n) is 16.6. The first-order chi connectivity index (χ1) is 24.5. The summed E-state index contributed by atoms with van der Waals surface area (Å²) in [6, 6.07) is 17.7. The summed E-state index contributed by atoms with van der Waals surface area (Å²) in [5.74, 6) is -1.32. The Morgan fingerprint density at radius 2 is 1.75 bits per heavy atom. The number of halogens is 1. The van der Waals surface area contributed by atoms with Crippen LogP contribution in [0.1, 0.15) is 35.3 Å². The average molecular weight is 721 g/mol. The van der Waals surface area contributed by atoms with E-state index in [2.05, 4.69) is 4.98 Å². The molecule has 2 aliphatic rings. The molecular weight excluding hydrogens is 682 g/mol. The van der Waals surface area contributed by atoms with Gasteiger partial charge in [-0.05, 0) is 55.8 Å². The zero-order valence-electron chi connectivity index (χ0n) is 28.2. The third kappa shape index (κ3) is 8.14. The number of fused-ring (bicyclic) bond motifs is 2. The fraction of sp³-hybridized carbons (Fsp3) is 0.333. The number of phenolic OH excluding ortho intramolecular Hbond substituents is 1. The monoisotopic (exact) mass is 720 g/mol. The molecule has 2 atom stereocenters. The molecule has 1 fully saturated rings. The van der Waals surface area contributed by atoms with Crippen molar-refractivity contribution in [2.45, 2.75) is 33.0 Å². The number of phenols is 1. The number of carbonyl (C=O) groups is 3. The van der Waals surface area contributed by atoms with Gasteiger partial charge in [0, 0.05) is 56.4 Å². The van der Waals surface area contributed by atoms with Gasteiger partial charge in [-0.25, -0.2) is 18.5 Å². The molecule has 4 aromatic rings. The minimum Gasteiger partial charge on any atom is -0.505 e. The van der Waals surface area contributed by atoms with Crippen LogP contribution < -0.4 is 9.26 Å². The predicted octanol–water partition coefficient (Wildman–Crippen LogP) is 5.59. The van der Waals surface area contributed by atoms with Gasteiger partial charge in [-0.1, -0.05) is 30.3 Å². The molecule has 3 heterocycles. The molecule has 13 nitrogen and oxygen atoms in total. The van der Waals surface area contributed by atoms with Crippen molar-refractivity contribution in [3.63, 3.8) is 0 Å². The molecule has 268 valence electrons. The van der Waals surface area contributed by atoms with Crippen LogP contribution in [-0.2, 0) is 31.7 Å². The number of amides is 2. The molecule has 3 aromatic carbocycles. The molecule has 0 aliphatic carbocycles. The average Bonchev–Trinajstić information content (AvgIpc) is 3.46. The lowest BCUT2D eigenvalue weighted by Crippen LogP contribution is -2.50. The molecule has 15 heteroatoms. The smallest absolute Gasteiger partial charge is 0.415 e. The Balaban J connectivity index is 1.12. The molecule has 1 N–H and O–H groups in total. The Morgan fingerprint density at radius 3 is 2.45 bits per heavy atom. The number of aromatic nitrogens is 1. The highest BCUT2D eigenvalue weighted by Gasteiger charge is 2.38. The van der Waals surface area contributed by atoms with Crippen LogP contribution >= 0.6 is 7.60 Å². The zero-order chi connectivity index (χ0) is 36.1. The number of para-hydroxylation sites is 1. The molecule has 0 radical (unpaired) electrons. The van der Waals surface area contributed by atoms with Crippen LogP contribution in [0.25, 0.3) is 10.9 Å². The number of hydrogen-bond acceptors (Lipinski definition) is 11. The Bertz CT molecular complexity index is 1960. The van der Waals surface area contributed by atoms with E-state index in [4.69, 9.17) is 18.5 Å². The third-order valence-corrected chi connectivity index (χ3v) is 10.5. The van der Waals surface area contributed by atoms with Crippen molar-refractivity contribution in [1.82, 2.24) is 19.7 Å². The lowest BCUT2D eigenvalue weighted by Gasteiger charge is -2.34. The highest BCUT2D eigenvalue weighted by Crippen LogP contribution is 2.49. The summed E-state index contributed by atoms with van der Waals surface area (Å²) in [5, 5.41) is 11.5. The van der Waals surface area contributed by atoms with Gasteiger partial charge in [-0.15, -0.1) is 0 Å². The summed E-state index contributed by atoms with van der Waals surface area (Å²) in [6.45, 7) is 5.22. The second kappa shape index (κ2) is 15.5. The number of aromatic hydroxyl groups is 1. The molecule has 2 amide bonds. The Kier molecular flexibility index (Phi) is 10.8. The van der Waals surface area contributed by atoms with Crippen molar-refractivity contribution in [3.05, 3.63) is 95.4 Å². The Hall–Kier alpha value is -5.04. The van der Waals surface area contributed by atoms with E-state index in [1.54, 1.807) is 61.5 Å². The minimum atomic E-state index is -3.81. The number of benzene rings is 3. The van der Waals surface area contributed by atoms with Gasteiger partial charge in [0.25, 0.3) is 5.91 Å². The van der Waals surface area contributed by atoms with E-state index in [0.29, 0.717) is 41.9 Å². The Morgan fingerprint density at radius 1 is 1.02 bits per heavy atom. The van der Waals surface area contributed by atoms with Crippen molar-refractivity contribution >= 4 is 36.5 Å². The van der Waals surface area contributed by atoms with Crippen LogP contribution in [0.5, 0.6) is 17.2 Å². The number of hydrogen-bond donors (Lipinski definition) is 1. The highest BCUT2D eigenvalue weighted by molar-refractivity contribution is 7.54. The van der Waals surface area contributed by atoms with Crippen molar-refractivity contribution < 1.29 is 47.0 Å². The van der Waals surface area contributed by atoms with Crippen LogP contribution in [0.2, 0.25) is 0 Å². The normalized spacial score (nSPS) is 16.4. The number of rotatable bonds is 12. The fourth-order valence-corrected chi connectivity index (χ4v) is 7.82. The summed E-state index contributed by atoms with van der Waals surface area (Å²) in [6.07, 6.45) is -0.288. The SMILES string of the molecule is CCOC(=O)[C@@H](C)OP(=O)(CCN1CCN(C(=O)Oc2c3c(c(O)c4ncccc24)C(=O)N(Cc2ccc(F)cc2)C3)CC1)Oc1ccccc1. The van der Waals surface area contributed by atoms with E-state index in [-0.39, 0.29) is 61.5 Å². The number of carbonyl (C=O) groups excluding carboxylic acids is 3. The Labute approximate surface area is 294 Å². The molecule has 0 bridgehead atoms. The largest absolute Gasteiger partial charge is 0.505 e. The van der Waals surface area contributed by atoms with Gasteiger partial charge in [-0.2, -0.15) is 0 Å². The maximum absolute atomic E-state index is 13.9. The second-order valence-corrected chi connectivity index (χ2v) is 14.2. The zero-order valence-corrected chi connectivity index (χ0v) is 29.1. The van der Waals surface area contributed by atoms with E-state index in [9.17, 15) is 28.4 Å². The molecule has 6 rings (SSSR count). The van der Waals surface area contributed by atoms with Gasteiger partial charge >= 0.3 is 19.7 Å². The summed E-state index contributed by atoms with van der Waals surface area (Å²) >= 11 is 0. The molecule has 1 aromatic heterocycles. The minimum absolute atomic E-state index is 0.0116. The lowest BCUT2D eigenvalue weighted by molar-refractivity contribution is -0.150. The summed E-state index contributed by atoms with van der Waals surface area (Å²) < 4.78 is 49.9. The van der Waals surface area contributed by atoms with Gasteiger partial charge in [0.05, 0.1) is 24.9 Å².